The highest BCUT2D eigenvalue weighted by atomic mass is 28.4. The number of nitrogens with two attached hydrogens (primary N) is 1. The predicted molar refractivity (Wildman–Crippen MR) is 89.1 cm³/mol. The Balaban J connectivity index is 3.51. The molecule has 0 amide bonds. The van der Waals surface area contributed by atoms with Gasteiger partial charge in [0.2, 0.25) is 0 Å². The van der Waals surface area contributed by atoms with E-state index in [0.717, 1.165) is 0 Å². The third-order valence-electron chi connectivity index (χ3n) is 3.13. The second-order valence-corrected chi connectivity index (χ2v) is 17.4. The molecule has 1 rings (SSSR count). The van der Waals surface area contributed by atoms with Gasteiger partial charge in [-0.25, -0.2) is 0 Å². The monoisotopic (exact) mass is 277 g/mol. The van der Waals surface area contributed by atoms with E-state index in [1.165, 1.54) is 11.1 Å². The third kappa shape index (κ3) is 3.67. The molecule has 0 radical (unpaired) electrons. The number of hydrogen-bond donors (Lipinski definition) is 1. The zero-order valence-corrected chi connectivity index (χ0v) is 14.7. The first-order valence-electron chi connectivity index (χ1n) is 6.67. The smallest absolute Gasteiger partial charge is 0.0686 e. The summed E-state index contributed by atoms with van der Waals surface area (Å²) >= 11 is 0. The van der Waals surface area contributed by atoms with E-state index in [2.05, 4.69) is 69.6 Å². The highest BCUT2D eigenvalue weighted by Crippen LogP contribution is 2.32. The van der Waals surface area contributed by atoms with Crippen molar-refractivity contribution in [2.75, 3.05) is 6.54 Å². The second-order valence-electron chi connectivity index (χ2n) is 6.92. The molecule has 0 aliphatic heterocycles. The molecule has 0 saturated heterocycles. The fourth-order valence-electron chi connectivity index (χ4n) is 3.03. The van der Waals surface area contributed by atoms with Gasteiger partial charge in [-0.3, -0.25) is 0 Å². The van der Waals surface area contributed by atoms with Crippen molar-refractivity contribution < 1.29 is 0 Å². The molecule has 0 heterocycles. The van der Waals surface area contributed by atoms with Gasteiger partial charge in [0.05, 0.1) is 16.1 Å². The molecule has 3 heteroatoms. The molecule has 100 valence electrons. The molecule has 0 saturated carbocycles. The first kappa shape index (κ1) is 15.4. The SMILES string of the molecule is C[Si](C)(C)C(=C(CN)c1ccccc1)[Si](C)(C)C. The van der Waals surface area contributed by atoms with Crippen molar-refractivity contribution in [1.29, 1.82) is 0 Å². The van der Waals surface area contributed by atoms with Crippen LogP contribution in [0.4, 0.5) is 0 Å². The van der Waals surface area contributed by atoms with Crippen LogP contribution in [0.3, 0.4) is 0 Å². The Morgan fingerprint density at radius 3 is 1.67 bits per heavy atom. The summed E-state index contributed by atoms with van der Waals surface area (Å²) in [6, 6.07) is 10.7. The Morgan fingerprint density at radius 2 is 1.33 bits per heavy atom. The summed E-state index contributed by atoms with van der Waals surface area (Å²) in [6.45, 7) is 15.3. The molecule has 0 atom stereocenters. The van der Waals surface area contributed by atoms with Crippen molar-refractivity contribution >= 4 is 21.7 Å². The van der Waals surface area contributed by atoms with Gasteiger partial charge in [0.1, 0.15) is 0 Å². The molecule has 0 fully saturated rings. The fourth-order valence-corrected chi connectivity index (χ4v) is 14.3. The first-order valence-corrected chi connectivity index (χ1v) is 13.7. The highest BCUT2D eigenvalue weighted by molar-refractivity contribution is 7.05. The lowest BCUT2D eigenvalue weighted by Crippen LogP contribution is -2.41. The standard InChI is InChI=1S/C15H27NSi2/c1-17(2,3)15(18(4,5)6)14(12-16)13-10-8-7-9-11-13/h7-11H,12,16H2,1-6H3. The van der Waals surface area contributed by atoms with Crippen LogP contribution >= 0.6 is 0 Å². The van der Waals surface area contributed by atoms with E-state index in [1.807, 2.05) is 0 Å². The molecule has 1 aromatic carbocycles. The van der Waals surface area contributed by atoms with Crippen LogP contribution < -0.4 is 5.73 Å². The van der Waals surface area contributed by atoms with Gasteiger partial charge < -0.3 is 5.73 Å². The Bertz CT molecular complexity index is 406. The van der Waals surface area contributed by atoms with Crippen LogP contribution in [0.25, 0.3) is 5.57 Å². The second kappa shape index (κ2) is 5.55. The summed E-state index contributed by atoms with van der Waals surface area (Å²) in [5.41, 5.74) is 8.82. The largest absolute Gasteiger partial charge is 0.327 e. The summed E-state index contributed by atoms with van der Waals surface area (Å²) in [6.07, 6.45) is 0. The van der Waals surface area contributed by atoms with E-state index >= 15 is 0 Å². The maximum absolute atomic E-state index is 6.09. The molecule has 18 heavy (non-hydrogen) atoms. The van der Waals surface area contributed by atoms with Gasteiger partial charge in [-0.1, -0.05) is 74.4 Å². The van der Waals surface area contributed by atoms with Gasteiger partial charge >= 0.3 is 0 Å². The minimum absolute atomic E-state index is 0.661. The van der Waals surface area contributed by atoms with Crippen molar-refractivity contribution in [3.8, 4) is 0 Å². The van der Waals surface area contributed by atoms with Gasteiger partial charge in [-0.2, -0.15) is 0 Å². The zero-order chi connectivity index (χ0) is 14.0. The lowest BCUT2D eigenvalue weighted by molar-refractivity contribution is 1.26. The molecule has 2 N–H and O–H groups in total. The van der Waals surface area contributed by atoms with E-state index in [1.54, 1.807) is 4.82 Å². The average molecular weight is 278 g/mol. The molecule has 0 aromatic heterocycles. The molecule has 0 unspecified atom stereocenters. The van der Waals surface area contributed by atoms with Gasteiger partial charge in [0.25, 0.3) is 0 Å². The van der Waals surface area contributed by atoms with Crippen LogP contribution in [0.5, 0.6) is 0 Å². The molecule has 1 aromatic rings. The van der Waals surface area contributed by atoms with E-state index in [9.17, 15) is 0 Å². The van der Waals surface area contributed by atoms with Crippen LogP contribution in [0.2, 0.25) is 39.3 Å². The Kier molecular flexibility index (Phi) is 4.75. The van der Waals surface area contributed by atoms with E-state index in [4.69, 9.17) is 5.73 Å². The molecule has 0 bridgehead atoms. The Morgan fingerprint density at radius 1 is 0.889 bits per heavy atom. The predicted octanol–water partition coefficient (Wildman–Crippen LogP) is 4.15. The van der Waals surface area contributed by atoms with Gasteiger partial charge in [0, 0.05) is 6.54 Å². The molecule has 1 nitrogen and oxygen atoms in total. The van der Waals surface area contributed by atoms with Crippen molar-refractivity contribution in [3.63, 3.8) is 0 Å². The lowest BCUT2D eigenvalue weighted by Gasteiger charge is -2.34. The molecule has 0 aliphatic carbocycles. The van der Waals surface area contributed by atoms with Gasteiger partial charge in [-0.05, 0) is 11.1 Å². The zero-order valence-electron chi connectivity index (χ0n) is 12.7. The first-order chi connectivity index (χ1) is 8.18. The summed E-state index contributed by atoms with van der Waals surface area (Å²) in [5.74, 6) is 0. The highest BCUT2D eigenvalue weighted by Gasteiger charge is 2.33. The number of rotatable bonds is 4. The Labute approximate surface area is 114 Å². The molecule has 0 spiro atoms. The fraction of sp³-hybridized carbons (Fsp3) is 0.467. The van der Waals surface area contributed by atoms with Gasteiger partial charge in [-0.15, -0.1) is 0 Å². The van der Waals surface area contributed by atoms with Crippen LogP contribution in [-0.2, 0) is 0 Å². The molecular weight excluding hydrogens is 250 g/mol. The maximum atomic E-state index is 6.09. The Hall–Kier alpha value is -0.646. The van der Waals surface area contributed by atoms with Crippen LogP contribution in [-0.4, -0.2) is 22.7 Å². The average Bonchev–Trinajstić information content (AvgIpc) is 2.23. The van der Waals surface area contributed by atoms with E-state index < -0.39 is 16.1 Å². The maximum Gasteiger partial charge on any atom is 0.0686 e. The number of benzene rings is 1. The third-order valence-corrected chi connectivity index (χ3v) is 11.2. The summed E-state index contributed by atoms with van der Waals surface area (Å²) in [7, 11) is -2.66. The van der Waals surface area contributed by atoms with E-state index in [0.29, 0.717) is 6.54 Å². The van der Waals surface area contributed by atoms with Crippen LogP contribution in [0.15, 0.2) is 35.2 Å². The topological polar surface area (TPSA) is 26.0 Å². The summed E-state index contributed by atoms with van der Waals surface area (Å²) in [4.78, 5) is 1.73. The van der Waals surface area contributed by atoms with Crippen molar-refractivity contribution in [3.05, 3.63) is 40.7 Å². The van der Waals surface area contributed by atoms with Gasteiger partial charge in [0.15, 0.2) is 0 Å². The van der Waals surface area contributed by atoms with Crippen molar-refractivity contribution in [1.82, 2.24) is 0 Å². The molecule has 0 aliphatic rings. The lowest BCUT2D eigenvalue weighted by atomic mass is 10.1. The normalized spacial score (nSPS) is 12.4. The minimum atomic E-state index is -1.33. The van der Waals surface area contributed by atoms with Crippen LogP contribution in [0, 0.1) is 0 Å². The van der Waals surface area contributed by atoms with E-state index in [-0.39, 0.29) is 0 Å². The summed E-state index contributed by atoms with van der Waals surface area (Å²) in [5, 5.41) is 0. The van der Waals surface area contributed by atoms with Crippen molar-refractivity contribution in [2.45, 2.75) is 39.3 Å². The molecular formula is C15H27NSi2. The number of hydrogen-bond acceptors (Lipinski definition) is 1. The summed E-state index contributed by atoms with van der Waals surface area (Å²) < 4.78 is 0. The van der Waals surface area contributed by atoms with Crippen LogP contribution in [0.1, 0.15) is 5.56 Å². The minimum Gasteiger partial charge on any atom is -0.327 e. The van der Waals surface area contributed by atoms with Crippen molar-refractivity contribution in [2.24, 2.45) is 5.73 Å². The quantitative estimate of drug-likeness (QED) is 0.822.